The molecule has 2 saturated carbocycles. The molecule has 0 spiro atoms. The highest BCUT2D eigenvalue weighted by atomic mass is 32.2. The van der Waals surface area contributed by atoms with Crippen molar-refractivity contribution in [1.82, 2.24) is 10.0 Å². The summed E-state index contributed by atoms with van der Waals surface area (Å²) in [7, 11) is 0. The molecule has 0 unspecified atom stereocenters. The highest BCUT2D eigenvalue weighted by Gasteiger charge is 2.32. The lowest BCUT2D eigenvalue weighted by molar-refractivity contribution is -0.130. The maximum Gasteiger partial charge on any atom is 0.246 e. The fourth-order valence-electron chi connectivity index (χ4n) is 3.62. The number of benzene rings is 1. The standard InChI is InChI=1S/C23H35N3O2S/c1-23(2,3)26-29-19-13-11-18(12-14-19)24-22(28)20(15-16-9-10-16)25-21(27)17-7-5-4-6-8-17/h11-14,16-17,20,26H,4-10,15H2,1-3H3,(H,24,28)(H,25,27)/t20-/m0/s1. The van der Waals surface area contributed by atoms with Gasteiger partial charge in [0, 0.05) is 22.0 Å². The topological polar surface area (TPSA) is 70.2 Å². The van der Waals surface area contributed by atoms with E-state index in [1.807, 2.05) is 24.3 Å². The first-order valence-electron chi connectivity index (χ1n) is 11.0. The Morgan fingerprint density at radius 2 is 1.69 bits per heavy atom. The molecule has 0 saturated heterocycles. The zero-order valence-electron chi connectivity index (χ0n) is 17.9. The van der Waals surface area contributed by atoms with E-state index in [-0.39, 0.29) is 23.3 Å². The Bertz CT molecular complexity index is 689. The van der Waals surface area contributed by atoms with E-state index in [0.717, 1.165) is 55.5 Å². The largest absolute Gasteiger partial charge is 0.344 e. The van der Waals surface area contributed by atoms with Crippen molar-refractivity contribution in [2.75, 3.05) is 5.32 Å². The van der Waals surface area contributed by atoms with Crippen molar-refractivity contribution < 1.29 is 9.59 Å². The highest BCUT2D eigenvalue weighted by molar-refractivity contribution is 7.97. The lowest BCUT2D eigenvalue weighted by Gasteiger charge is -2.24. The van der Waals surface area contributed by atoms with Gasteiger partial charge in [-0.25, -0.2) is 0 Å². The molecule has 1 aromatic rings. The Hall–Kier alpha value is -1.53. The monoisotopic (exact) mass is 417 g/mol. The number of hydrogen-bond acceptors (Lipinski definition) is 4. The number of hydrogen-bond donors (Lipinski definition) is 3. The number of carbonyl (C=O) groups excluding carboxylic acids is 2. The summed E-state index contributed by atoms with van der Waals surface area (Å²) in [6.45, 7) is 6.36. The molecule has 0 heterocycles. The first-order valence-corrected chi connectivity index (χ1v) is 11.8. The van der Waals surface area contributed by atoms with Crippen LogP contribution >= 0.6 is 11.9 Å². The zero-order valence-corrected chi connectivity index (χ0v) is 18.7. The second kappa shape index (κ2) is 9.98. The molecule has 1 aromatic carbocycles. The van der Waals surface area contributed by atoms with Crippen LogP contribution in [-0.2, 0) is 9.59 Å². The molecule has 1 atom stereocenters. The Labute approximate surface area is 179 Å². The quantitative estimate of drug-likeness (QED) is 0.527. The van der Waals surface area contributed by atoms with E-state index in [1.54, 1.807) is 11.9 Å². The molecule has 6 heteroatoms. The lowest BCUT2D eigenvalue weighted by Crippen LogP contribution is -2.46. The molecule has 2 fully saturated rings. The van der Waals surface area contributed by atoms with Crippen LogP contribution in [0.1, 0.15) is 72.1 Å². The first kappa shape index (κ1) is 22.2. The number of anilines is 1. The second-order valence-corrected chi connectivity index (χ2v) is 10.4. The predicted molar refractivity (Wildman–Crippen MR) is 120 cm³/mol. The third-order valence-corrected chi connectivity index (χ3v) is 6.69. The van der Waals surface area contributed by atoms with Gasteiger partial charge in [0.1, 0.15) is 6.04 Å². The minimum absolute atomic E-state index is 0.0319. The van der Waals surface area contributed by atoms with E-state index in [2.05, 4.69) is 36.1 Å². The maximum absolute atomic E-state index is 12.9. The van der Waals surface area contributed by atoms with Crippen molar-refractivity contribution in [3.8, 4) is 0 Å². The number of rotatable bonds is 8. The third kappa shape index (κ3) is 7.67. The summed E-state index contributed by atoms with van der Waals surface area (Å²) in [5.74, 6) is 0.601. The van der Waals surface area contributed by atoms with E-state index in [9.17, 15) is 9.59 Å². The van der Waals surface area contributed by atoms with Crippen LogP contribution in [-0.4, -0.2) is 23.4 Å². The number of carbonyl (C=O) groups is 2. The summed E-state index contributed by atoms with van der Waals surface area (Å²) in [5, 5.41) is 6.06. The van der Waals surface area contributed by atoms with Crippen molar-refractivity contribution in [2.45, 2.75) is 88.6 Å². The Balaban J connectivity index is 1.55. The lowest BCUT2D eigenvalue weighted by atomic mass is 9.88. The average Bonchev–Trinajstić information content (AvgIpc) is 3.51. The fourth-order valence-corrected chi connectivity index (χ4v) is 4.32. The van der Waals surface area contributed by atoms with Gasteiger partial charge in [0.2, 0.25) is 11.8 Å². The van der Waals surface area contributed by atoms with Gasteiger partial charge in [-0.3, -0.25) is 14.3 Å². The molecule has 0 bridgehead atoms. The summed E-state index contributed by atoms with van der Waals surface area (Å²) in [5.41, 5.74) is 0.798. The van der Waals surface area contributed by atoms with Crippen molar-refractivity contribution in [2.24, 2.45) is 11.8 Å². The van der Waals surface area contributed by atoms with E-state index in [1.165, 1.54) is 6.42 Å². The predicted octanol–water partition coefficient (Wildman–Crippen LogP) is 4.89. The minimum Gasteiger partial charge on any atom is -0.344 e. The number of amides is 2. The summed E-state index contributed by atoms with van der Waals surface area (Å²) in [6, 6.07) is 7.39. The van der Waals surface area contributed by atoms with Gasteiger partial charge in [-0.2, -0.15) is 0 Å². The summed E-state index contributed by atoms with van der Waals surface area (Å²) < 4.78 is 3.38. The second-order valence-electron chi connectivity index (χ2n) is 9.54. The molecule has 5 nitrogen and oxygen atoms in total. The van der Waals surface area contributed by atoms with Gasteiger partial charge in [-0.05, 0) is 82.2 Å². The number of nitrogens with one attached hydrogen (secondary N) is 3. The molecule has 0 radical (unpaired) electrons. The molecule has 2 aliphatic rings. The molecule has 160 valence electrons. The van der Waals surface area contributed by atoms with Gasteiger partial charge in [-0.1, -0.05) is 32.1 Å². The molecule has 0 aromatic heterocycles. The van der Waals surface area contributed by atoms with Crippen LogP contribution in [0.15, 0.2) is 29.2 Å². The van der Waals surface area contributed by atoms with Gasteiger partial charge in [0.15, 0.2) is 0 Å². The van der Waals surface area contributed by atoms with Gasteiger partial charge in [-0.15, -0.1) is 0 Å². The summed E-state index contributed by atoms with van der Waals surface area (Å²) in [6.07, 6.45) is 8.42. The molecular formula is C23H35N3O2S. The normalized spacial score (nSPS) is 18.9. The van der Waals surface area contributed by atoms with Gasteiger partial charge in [0.05, 0.1) is 0 Å². The van der Waals surface area contributed by atoms with Crippen LogP contribution in [0.4, 0.5) is 5.69 Å². The van der Waals surface area contributed by atoms with Crippen molar-refractivity contribution in [3.63, 3.8) is 0 Å². The highest BCUT2D eigenvalue weighted by Crippen LogP contribution is 2.34. The molecular weight excluding hydrogens is 382 g/mol. The summed E-state index contributed by atoms with van der Waals surface area (Å²) >= 11 is 1.58. The van der Waals surface area contributed by atoms with Crippen LogP contribution in [0.2, 0.25) is 0 Å². The molecule has 29 heavy (non-hydrogen) atoms. The van der Waals surface area contributed by atoms with Crippen LogP contribution in [0.5, 0.6) is 0 Å². The van der Waals surface area contributed by atoms with E-state index < -0.39 is 6.04 Å². The first-order chi connectivity index (χ1) is 13.8. The van der Waals surface area contributed by atoms with Crippen LogP contribution in [0, 0.1) is 11.8 Å². The Morgan fingerprint density at radius 3 is 2.28 bits per heavy atom. The Morgan fingerprint density at radius 1 is 1.03 bits per heavy atom. The van der Waals surface area contributed by atoms with E-state index >= 15 is 0 Å². The average molecular weight is 418 g/mol. The fraction of sp³-hybridized carbons (Fsp3) is 0.652. The van der Waals surface area contributed by atoms with Gasteiger partial charge in [0.25, 0.3) is 0 Å². The SMILES string of the molecule is CC(C)(C)NSc1ccc(NC(=O)[C@H](CC2CC2)NC(=O)C2CCCCC2)cc1. The van der Waals surface area contributed by atoms with Gasteiger partial charge < -0.3 is 10.6 Å². The van der Waals surface area contributed by atoms with Crippen molar-refractivity contribution in [3.05, 3.63) is 24.3 Å². The van der Waals surface area contributed by atoms with Crippen LogP contribution in [0.25, 0.3) is 0 Å². The van der Waals surface area contributed by atoms with E-state index in [4.69, 9.17) is 0 Å². The smallest absolute Gasteiger partial charge is 0.246 e. The van der Waals surface area contributed by atoms with Crippen LogP contribution < -0.4 is 15.4 Å². The Kier molecular flexibility index (Phi) is 7.63. The molecule has 2 aliphatic carbocycles. The molecule has 3 rings (SSSR count). The molecule has 0 aliphatic heterocycles. The molecule has 3 N–H and O–H groups in total. The summed E-state index contributed by atoms with van der Waals surface area (Å²) in [4.78, 5) is 26.7. The van der Waals surface area contributed by atoms with Gasteiger partial charge >= 0.3 is 0 Å². The zero-order chi connectivity index (χ0) is 20.9. The maximum atomic E-state index is 12.9. The van der Waals surface area contributed by atoms with Crippen molar-refractivity contribution >= 4 is 29.4 Å². The van der Waals surface area contributed by atoms with E-state index in [0.29, 0.717) is 5.92 Å². The van der Waals surface area contributed by atoms with Crippen LogP contribution in [0.3, 0.4) is 0 Å². The van der Waals surface area contributed by atoms with Crippen molar-refractivity contribution in [1.29, 1.82) is 0 Å². The minimum atomic E-state index is -0.437. The third-order valence-electron chi connectivity index (χ3n) is 5.47. The molecule has 2 amide bonds.